The number of carbonyl (C=O) groups excluding carboxylic acids is 2. The van der Waals surface area contributed by atoms with Crippen LogP contribution >= 0.6 is 23.2 Å². The molecular weight excluding hydrogens is 578 g/mol. The van der Waals surface area contributed by atoms with Crippen LogP contribution in [0.25, 0.3) is 6.08 Å². The van der Waals surface area contributed by atoms with E-state index in [1.165, 1.54) is 11.4 Å². The number of hydrogen-bond acceptors (Lipinski definition) is 2. The van der Waals surface area contributed by atoms with Crippen molar-refractivity contribution in [2.75, 3.05) is 6.54 Å². The van der Waals surface area contributed by atoms with Crippen LogP contribution in [0.5, 0.6) is 0 Å². The molecule has 0 bridgehead atoms. The van der Waals surface area contributed by atoms with E-state index in [1.807, 2.05) is 5.32 Å². The highest BCUT2D eigenvalue weighted by molar-refractivity contribution is 6.34. The lowest BCUT2D eigenvalue weighted by Crippen LogP contribution is -2.47. The van der Waals surface area contributed by atoms with E-state index in [0.717, 1.165) is 31.2 Å². The van der Waals surface area contributed by atoms with E-state index in [1.54, 1.807) is 0 Å². The first-order chi connectivity index (χ1) is 17.3. The number of amides is 2. The van der Waals surface area contributed by atoms with E-state index < -0.39 is 60.0 Å². The zero-order valence-corrected chi connectivity index (χ0v) is 20.5. The van der Waals surface area contributed by atoms with Gasteiger partial charge in [-0.05, 0) is 48.4 Å². The summed E-state index contributed by atoms with van der Waals surface area (Å²) < 4.78 is 119. The second kappa shape index (κ2) is 11.9. The van der Waals surface area contributed by atoms with Gasteiger partial charge in [-0.1, -0.05) is 41.4 Å². The van der Waals surface area contributed by atoms with Crippen LogP contribution < -0.4 is 10.6 Å². The minimum Gasteiger partial charge on any atom is -0.345 e. The molecule has 0 heterocycles. The Balaban J connectivity index is 2.35. The molecule has 38 heavy (non-hydrogen) atoms. The van der Waals surface area contributed by atoms with Gasteiger partial charge in [-0.2, -0.15) is 39.5 Å². The van der Waals surface area contributed by atoms with Gasteiger partial charge in [-0.15, -0.1) is 0 Å². The number of halogens is 11. The van der Waals surface area contributed by atoms with Crippen LogP contribution in [0.2, 0.25) is 10.0 Å². The molecule has 2 aromatic carbocycles. The second-order valence-electron chi connectivity index (χ2n) is 7.91. The number of allylic oxidation sites excluding steroid dienone is 1. The van der Waals surface area contributed by atoms with Gasteiger partial charge in [0, 0.05) is 10.0 Å². The normalized spacial score (nSPS) is 14.3. The van der Waals surface area contributed by atoms with Gasteiger partial charge in [0.2, 0.25) is 5.91 Å². The second-order valence-corrected chi connectivity index (χ2v) is 8.78. The Morgan fingerprint density at radius 3 is 2.00 bits per heavy atom. The van der Waals surface area contributed by atoms with E-state index in [9.17, 15) is 49.1 Å². The molecule has 0 aliphatic carbocycles. The lowest BCUT2D eigenvalue weighted by atomic mass is 9.96. The predicted octanol–water partition coefficient (Wildman–Crippen LogP) is 7.17. The highest BCUT2D eigenvalue weighted by atomic mass is 35.5. The minimum atomic E-state index is -5.15. The molecule has 2 aromatic rings. The lowest BCUT2D eigenvalue weighted by molar-refractivity contribution is -0.139. The van der Waals surface area contributed by atoms with Crippen LogP contribution in [0.4, 0.5) is 39.5 Å². The Kier molecular flexibility index (Phi) is 9.76. The first-order valence-electron chi connectivity index (χ1n) is 10.4. The first-order valence-corrected chi connectivity index (χ1v) is 11.1. The Morgan fingerprint density at radius 1 is 0.921 bits per heavy atom. The van der Waals surface area contributed by atoms with E-state index >= 15 is 0 Å². The Hall–Kier alpha value is -2.93. The fourth-order valence-corrected chi connectivity index (χ4v) is 3.69. The van der Waals surface area contributed by atoms with Gasteiger partial charge < -0.3 is 10.6 Å². The molecule has 0 saturated heterocycles. The highest BCUT2D eigenvalue weighted by Gasteiger charge is 2.40. The van der Waals surface area contributed by atoms with E-state index in [4.69, 9.17) is 23.2 Å². The van der Waals surface area contributed by atoms with Crippen molar-refractivity contribution < 1.29 is 49.1 Å². The summed E-state index contributed by atoms with van der Waals surface area (Å²) in [5.41, 5.74) is -3.27. The maximum Gasteiger partial charge on any atom is 0.417 e. The standard InChI is InChI=1S/C23H17Cl2F9N2O2/c1-11(19(37)35-10-21(26,27)28)36-20(38)16-4-2-12(6-18(16)23(32,33)34)3-5-17(22(29,30)31)13-7-14(24)9-15(25)8-13/h2-9,11,17H,10H2,1H3,(H,35,37)(H,36,38)/b5-3+. The average molecular weight is 595 g/mol. The predicted molar refractivity (Wildman–Crippen MR) is 122 cm³/mol. The monoisotopic (exact) mass is 594 g/mol. The third kappa shape index (κ3) is 9.12. The van der Waals surface area contributed by atoms with Crippen molar-refractivity contribution in [2.45, 2.75) is 37.4 Å². The van der Waals surface area contributed by atoms with Crippen molar-refractivity contribution >= 4 is 41.1 Å². The van der Waals surface area contributed by atoms with Gasteiger partial charge in [0.1, 0.15) is 12.6 Å². The number of alkyl halides is 9. The first kappa shape index (κ1) is 31.3. The molecule has 208 valence electrons. The molecule has 0 spiro atoms. The summed E-state index contributed by atoms with van der Waals surface area (Å²) in [6, 6.07) is 3.56. The van der Waals surface area contributed by atoms with Crippen LogP contribution in [0.3, 0.4) is 0 Å². The molecule has 4 nitrogen and oxygen atoms in total. The van der Waals surface area contributed by atoms with Gasteiger partial charge >= 0.3 is 18.5 Å². The summed E-state index contributed by atoms with van der Waals surface area (Å²) in [7, 11) is 0. The maximum atomic E-state index is 13.7. The minimum absolute atomic E-state index is 0.0915. The summed E-state index contributed by atoms with van der Waals surface area (Å²) in [5, 5.41) is 3.15. The maximum absolute atomic E-state index is 13.7. The molecule has 0 radical (unpaired) electrons. The summed E-state index contributed by atoms with van der Waals surface area (Å²) >= 11 is 11.5. The highest BCUT2D eigenvalue weighted by Crippen LogP contribution is 2.39. The molecule has 2 N–H and O–H groups in total. The molecule has 2 amide bonds. The number of nitrogens with one attached hydrogen (secondary N) is 2. The largest absolute Gasteiger partial charge is 0.417 e. The van der Waals surface area contributed by atoms with E-state index in [0.29, 0.717) is 18.2 Å². The van der Waals surface area contributed by atoms with Crippen LogP contribution in [0.15, 0.2) is 42.5 Å². The number of rotatable bonds is 7. The van der Waals surface area contributed by atoms with Crippen LogP contribution in [0.1, 0.15) is 39.9 Å². The van der Waals surface area contributed by atoms with Gasteiger partial charge in [0.15, 0.2) is 0 Å². The summed E-state index contributed by atoms with van der Waals surface area (Å²) in [5.74, 6) is -5.03. The van der Waals surface area contributed by atoms with Crippen molar-refractivity contribution in [3.8, 4) is 0 Å². The van der Waals surface area contributed by atoms with Gasteiger partial charge in [-0.3, -0.25) is 9.59 Å². The van der Waals surface area contributed by atoms with Gasteiger partial charge in [0.25, 0.3) is 5.91 Å². The fourth-order valence-electron chi connectivity index (χ4n) is 3.15. The topological polar surface area (TPSA) is 58.2 Å². The third-order valence-electron chi connectivity index (χ3n) is 4.88. The number of carbonyl (C=O) groups is 2. The Labute approximate surface area is 219 Å². The van der Waals surface area contributed by atoms with Crippen molar-refractivity contribution in [1.82, 2.24) is 10.6 Å². The summed E-state index contributed by atoms with van der Waals surface area (Å²) in [6.07, 6.45) is -13.4. The average Bonchev–Trinajstić information content (AvgIpc) is 2.74. The molecule has 2 unspecified atom stereocenters. The van der Waals surface area contributed by atoms with E-state index in [-0.39, 0.29) is 21.2 Å². The summed E-state index contributed by atoms with van der Waals surface area (Å²) in [4.78, 5) is 24.1. The van der Waals surface area contributed by atoms with Crippen molar-refractivity contribution in [1.29, 1.82) is 0 Å². The quantitative estimate of drug-likeness (QED) is 0.334. The Morgan fingerprint density at radius 2 is 1.50 bits per heavy atom. The number of benzene rings is 2. The van der Waals surface area contributed by atoms with Crippen molar-refractivity contribution in [3.05, 3.63) is 74.8 Å². The van der Waals surface area contributed by atoms with Crippen LogP contribution in [-0.2, 0) is 11.0 Å². The molecule has 0 aliphatic rings. The zero-order valence-electron chi connectivity index (χ0n) is 19.0. The molecule has 2 rings (SSSR count). The van der Waals surface area contributed by atoms with E-state index in [2.05, 4.69) is 0 Å². The lowest BCUT2D eigenvalue weighted by Gasteiger charge is -2.19. The number of hydrogen-bond donors (Lipinski definition) is 2. The van der Waals surface area contributed by atoms with Crippen molar-refractivity contribution in [3.63, 3.8) is 0 Å². The zero-order chi connectivity index (χ0) is 29.1. The molecule has 15 heteroatoms. The molecule has 2 atom stereocenters. The van der Waals surface area contributed by atoms with Crippen LogP contribution in [-0.4, -0.2) is 36.8 Å². The van der Waals surface area contributed by atoms with Crippen molar-refractivity contribution in [2.24, 2.45) is 0 Å². The summed E-state index contributed by atoms with van der Waals surface area (Å²) in [6.45, 7) is -0.769. The molecule has 0 saturated carbocycles. The Bertz CT molecular complexity index is 1190. The third-order valence-corrected chi connectivity index (χ3v) is 5.31. The van der Waals surface area contributed by atoms with Gasteiger partial charge in [0.05, 0.1) is 17.0 Å². The smallest absolute Gasteiger partial charge is 0.345 e. The SMILES string of the molecule is CC(NC(=O)c1ccc(/C=C/C(c2cc(Cl)cc(Cl)c2)C(F)(F)F)cc1C(F)(F)F)C(=O)NCC(F)(F)F. The molecule has 0 fully saturated rings. The van der Waals surface area contributed by atoms with Crippen LogP contribution in [0, 0.1) is 0 Å². The molecular formula is C23H17Cl2F9N2O2. The molecule has 0 aromatic heterocycles. The fraction of sp³-hybridized carbons (Fsp3) is 0.304. The molecule has 0 aliphatic heterocycles. The van der Waals surface area contributed by atoms with Gasteiger partial charge in [-0.25, -0.2) is 0 Å².